The number of fused-ring (bicyclic) bond motifs is 6. The number of anilines is 1. The molecular formula is C39H48ClN5O6S. The number of carbonyl (C=O) groups is 2. The molecule has 278 valence electrons. The average Bonchev–Trinajstić information content (AvgIpc) is 3.68. The van der Waals surface area contributed by atoms with Gasteiger partial charge in [-0.2, -0.15) is 0 Å². The number of halogens is 1. The molecule has 3 aliphatic heterocycles. The van der Waals surface area contributed by atoms with Crippen LogP contribution < -0.4 is 19.1 Å². The third-order valence-corrected chi connectivity index (χ3v) is 14.4. The molecule has 3 aromatic rings. The van der Waals surface area contributed by atoms with Crippen LogP contribution in [-0.2, 0) is 33.5 Å². The quantitative estimate of drug-likeness (QED) is 0.328. The minimum atomic E-state index is -3.56. The van der Waals surface area contributed by atoms with Crippen LogP contribution >= 0.6 is 11.6 Å². The highest BCUT2D eigenvalue weighted by Crippen LogP contribution is 2.49. The average molecular weight is 750 g/mol. The van der Waals surface area contributed by atoms with Gasteiger partial charge in [0.05, 0.1) is 31.3 Å². The van der Waals surface area contributed by atoms with Crippen molar-refractivity contribution < 1.29 is 28.0 Å². The van der Waals surface area contributed by atoms with E-state index in [2.05, 4.69) is 31.2 Å². The van der Waals surface area contributed by atoms with Crippen molar-refractivity contribution in [3.63, 3.8) is 0 Å². The summed E-state index contributed by atoms with van der Waals surface area (Å²) in [7, 11) is -0.474. The summed E-state index contributed by atoms with van der Waals surface area (Å²) in [6.07, 6.45) is 9.67. The van der Waals surface area contributed by atoms with Crippen molar-refractivity contribution in [2.45, 2.75) is 69.8 Å². The fourth-order valence-electron chi connectivity index (χ4n) is 9.45. The molecule has 2 aromatic carbocycles. The lowest BCUT2D eigenvalue weighted by molar-refractivity contribution is -0.0257. The molecule has 5 aliphatic rings. The molecule has 11 nitrogen and oxygen atoms in total. The molecule has 2 aliphatic carbocycles. The number of hydrogen-bond acceptors (Lipinski definition) is 8. The van der Waals surface area contributed by atoms with Gasteiger partial charge in [-0.3, -0.25) is 19.0 Å². The number of methoxy groups -OCH3 is 1. The van der Waals surface area contributed by atoms with Gasteiger partial charge < -0.3 is 19.1 Å². The van der Waals surface area contributed by atoms with E-state index in [9.17, 15) is 13.8 Å². The Labute approximate surface area is 311 Å². The second-order valence-electron chi connectivity index (χ2n) is 15.7. The van der Waals surface area contributed by atoms with Crippen molar-refractivity contribution in [2.24, 2.45) is 35.1 Å². The van der Waals surface area contributed by atoms with Gasteiger partial charge in [-0.05, 0) is 116 Å². The van der Waals surface area contributed by atoms with E-state index >= 15 is 0 Å². The zero-order valence-corrected chi connectivity index (χ0v) is 31.7. The van der Waals surface area contributed by atoms with E-state index in [1.807, 2.05) is 25.1 Å². The van der Waals surface area contributed by atoms with Crippen molar-refractivity contribution in [1.82, 2.24) is 14.5 Å². The predicted molar refractivity (Wildman–Crippen MR) is 200 cm³/mol. The molecule has 7 atom stereocenters. The van der Waals surface area contributed by atoms with Crippen LogP contribution in [0, 0.1) is 23.7 Å². The van der Waals surface area contributed by atoms with Crippen LogP contribution in [0.15, 0.2) is 47.0 Å². The Kier molecular flexibility index (Phi) is 9.53. The number of nitrogens with one attached hydrogen (secondary N) is 1. The van der Waals surface area contributed by atoms with E-state index < -0.39 is 21.7 Å². The van der Waals surface area contributed by atoms with Crippen molar-refractivity contribution in [1.29, 1.82) is 0 Å². The fourth-order valence-corrected chi connectivity index (χ4v) is 11.6. The third kappa shape index (κ3) is 6.71. The Bertz CT molecular complexity index is 2010. The maximum absolute atomic E-state index is 14.7. The first-order valence-corrected chi connectivity index (χ1v) is 20.7. The lowest BCUT2D eigenvalue weighted by Crippen LogP contribution is -2.50. The molecule has 0 radical (unpaired) electrons. The molecule has 13 heteroatoms. The maximum atomic E-state index is 14.7. The Morgan fingerprint density at radius 3 is 2.77 bits per heavy atom. The van der Waals surface area contributed by atoms with Gasteiger partial charge in [0.2, 0.25) is 5.88 Å². The molecule has 1 saturated carbocycles. The number of carbonyl (C=O) groups excluding carboxylic acids is 2. The number of nitrogens with zero attached hydrogens (tertiary/aromatic N) is 4. The lowest BCUT2D eigenvalue weighted by atomic mass is 9.66. The molecule has 1 aromatic heterocycles. The van der Waals surface area contributed by atoms with Gasteiger partial charge in [0.25, 0.3) is 11.8 Å². The summed E-state index contributed by atoms with van der Waals surface area (Å²) in [5.41, 5.74) is 3.56. The zero-order valence-electron chi connectivity index (χ0n) is 30.1. The Hall–Kier alpha value is -3.61. The van der Waals surface area contributed by atoms with E-state index in [1.165, 1.54) is 29.1 Å². The van der Waals surface area contributed by atoms with Crippen molar-refractivity contribution in [3.05, 3.63) is 69.9 Å². The molecule has 8 rings (SSSR count). The summed E-state index contributed by atoms with van der Waals surface area (Å²) >= 11 is 6.48. The molecule has 4 heterocycles. The van der Waals surface area contributed by atoms with Gasteiger partial charge >= 0.3 is 0 Å². The first-order valence-electron chi connectivity index (χ1n) is 18.6. The number of amides is 2. The maximum Gasteiger partial charge on any atom is 0.286 e. The summed E-state index contributed by atoms with van der Waals surface area (Å²) in [4.78, 5) is 30.1. The van der Waals surface area contributed by atoms with Gasteiger partial charge in [-0.1, -0.05) is 24.6 Å². The summed E-state index contributed by atoms with van der Waals surface area (Å²) in [5.74, 6) is 0.777. The molecule has 1 N–H and O–H groups in total. The van der Waals surface area contributed by atoms with Gasteiger partial charge in [0.15, 0.2) is 0 Å². The number of hydrogen-bond donors (Lipinski definition) is 1. The van der Waals surface area contributed by atoms with Crippen LogP contribution in [0.3, 0.4) is 0 Å². The summed E-state index contributed by atoms with van der Waals surface area (Å²) in [5, 5.41) is 4.92. The van der Waals surface area contributed by atoms with Crippen LogP contribution in [0.25, 0.3) is 0 Å². The molecule has 1 saturated heterocycles. The first-order chi connectivity index (χ1) is 25.0. The van der Waals surface area contributed by atoms with E-state index in [1.54, 1.807) is 13.1 Å². The van der Waals surface area contributed by atoms with E-state index in [4.69, 9.17) is 25.8 Å². The first kappa shape index (κ1) is 35.4. The van der Waals surface area contributed by atoms with E-state index in [0.717, 1.165) is 81.8 Å². The topological polar surface area (TPSA) is 124 Å². The smallest absolute Gasteiger partial charge is 0.286 e. The van der Waals surface area contributed by atoms with Crippen LogP contribution in [0.5, 0.6) is 11.6 Å². The Morgan fingerprint density at radius 1 is 1.12 bits per heavy atom. The molecule has 2 bridgehead atoms. The van der Waals surface area contributed by atoms with E-state index in [0.29, 0.717) is 35.7 Å². The second-order valence-corrected chi connectivity index (χ2v) is 18.2. The predicted octanol–water partition coefficient (Wildman–Crippen LogP) is 6.37. The van der Waals surface area contributed by atoms with Gasteiger partial charge in [-0.15, -0.1) is 9.46 Å². The van der Waals surface area contributed by atoms with Gasteiger partial charge in [0.1, 0.15) is 21.2 Å². The van der Waals surface area contributed by atoms with Crippen LogP contribution in [-0.4, -0.2) is 71.1 Å². The molecule has 2 fully saturated rings. The summed E-state index contributed by atoms with van der Waals surface area (Å²) in [6, 6.07) is 11.6. The molecular weight excluding hydrogens is 702 g/mol. The SMILES string of the molecule is COc1nn(C)cc1C(=O)N[S@@]1(=O)=NC(=O)c2ccc3c(c2)N(C[C@@H]2CC[C@H]2[C@H]2OCC[C@@H]2CC[C@H](C)C1)C[C@@]1(CCCc2cc(Cl)ccc21)CO3. The van der Waals surface area contributed by atoms with Gasteiger partial charge in [-0.25, -0.2) is 4.21 Å². The number of ether oxygens (including phenoxy) is 3. The minimum absolute atomic E-state index is 0.0312. The highest BCUT2D eigenvalue weighted by Gasteiger charge is 2.47. The third-order valence-electron chi connectivity index (χ3n) is 12.2. The number of benzene rings is 2. The zero-order chi connectivity index (χ0) is 36.2. The summed E-state index contributed by atoms with van der Waals surface area (Å²) < 4.78 is 41.6. The van der Waals surface area contributed by atoms with Crippen molar-refractivity contribution in [2.75, 3.05) is 44.1 Å². The van der Waals surface area contributed by atoms with E-state index in [-0.39, 0.29) is 34.6 Å². The highest BCUT2D eigenvalue weighted by atomic mass is 35.5. The molecule has 2 amide bonds. The van der Waals surface area contributed by atoms with Crippen LogP contribution in [0.1, 0.15) is 83.7 Å². The van der Waals surface area contributed by atoms with Gasteiger partial charge in [0, 0.05) is 48.9 Å². The number of aryl methyl sites for hydroxylation is 2. The molecule has 1 spiro atoms. The number of rotatable bonds is 3. The normalized spacial score (nSPS) is 31.6. The number of aromatic nitrogens is 2. The van der Waals surface area contributed by atoms with Crippen LogP contribution in [0.2, 0.25) is 5.02 Å². The van der Waals surface area contributed by atoms with Crippen LogP contribution in [0.4, 0.5) is 5.69 Å². The summed E-state index contributed by atoms with van der Waals surface area (Å²) in [6.45, 7) is 4.84. The standard InChI is InChI=1S/C39H48ClN5O6S/c1-24-6-7-25-14-16-50-35(25)30-11-8-28(30)19-45-22-39(15-4-5-26-17-29(40)10-12-32(26)39)23-51-34-13-9-27(18-33(34)45)36(46)42-52(48,21-24)43-37(47)31-20-44(2)41-38(31)49-3/h9-10,12-13,17-18,20,24-25,28,30,35H,4-8,11,14-16,19,21-23H2,1-3H3,(H,42,43,46,47,48)/t24-,25-,28-,30+,35-,39-,52-/m0/s1. The minimum Gasteiger partial charge on any atom is -0.490 e. The van der Waals surface area contributed by atoms with Crippen molar-refractivity contribution >= 4 is 39.0 Å². The molecule has 52 heavy (non-hydrogen) atoms. The molecule has 0 unspecified atom stereocenters. The largest absolute Gasteiger partial charge is 0.490 e. The second kappa shape index (κ2) is 14.0. The fraction of sp³-hybridized carbons (Fsp3) is 0.564. The lowest BCUT2D eigenvalue weighted by Gasteiger charge is -2.46. The Balaban J connectivity index is 1.20. The highest BCUT2D eigenvalue weighted by molar-refractivity contribution is 7.92. The monoisotopic (exact) mass is 749 g/mol. The Morgan fingerprint density at radius 2 is 1.96 bits per heavy atom. The van der Waals surface area contributed by atoms with Crippen molar-refractivity contribution in [3.8, 4) is 11.6 Å².